The topological polar surface area (TPSA) is 143 Å². The number of aliphatic hydroxyl groups excluding tert-OH is 2. The summed E-state index contributed by atoms with van der Waals surface area (Å²) in [5, 5.41) is 31.5. The summed E-state index contributed by atoms with van der Waals surface area (Å²) in [7, 11) is 1.67. The molecule has 1 saturated heterocycles. The van der Waals surface area contributed by atoms with Gasteiger partial charge in [0.05, 0.1) is 6.33 Å². The summed E-state index contributed by atoms with van der Waals surface area (Å²) < 4.78 is 6.59. The molecule has 1 aliphatic heterocycles. The third-order valence-electron chi connectivity index (χ3n) is 3.35. The number of fused-ring (bicyclic) bond motifs is 1. The lowest BCUT2D eigenvalue weighted by Gasteiger charge is -2.16. The number of aliphatic hydroxyl groups is 2. The number of hydrogen-bond acceptors (Lipinski definition) is 8. The van der Waals surface area contributed by atoms with Crippen molar-refractivity contribution in [2.75, 3.05) is 12.4 Å². The summed E-state index contributed by atoms with van der Waals surface area (Å²) in [5.41, 5.74) is 0.806. The average molecular weight is 295 g/mol. The van der Waals surface area contributed by atoms with E-state index in [1.54, 1.807) is 7.05 Å². The molecule has 4 atom stereocenters. The Labute approximate surface area is 118 Å². The van der Waals surface area contributed by atoms with Crippen molar-refractivity contribution in [2.45, 2.75) is 24.5 Å². The number of carboxylic acid groups (broad SMARTS) is 1. The first kappa shape index (κ1) is 13.7. The third kappa shape index (κ3) is 2.00. The number of nitrogens with one attached hydrogen (secondary N) is 1. The molecule has 10 heteroatoms. The molecule has 0 amide bonds. The Balaban J connectivity index is 2.03. The fraction of sp³-hybridized carbons (Fsp3) is 0.455. The first-order chi connectivity index (χ1) is 10.0. The fourth-order valence-corrected chi connectivity index (χ4v) is 2.31. The number of hydrogen-bond donors (Lipinski definition) is 4. The maximum absolute atomic E-state index is 11.0. The number of nitrogens with zero attached hydrogens (tertiary/aromatic N) is 4. The summed E-state index contributed by atoms with van der Waals surface area (Å²) in [4.78, 5) is 23.1. The molecule has 1 fully saturated rings. The second-order valence-electron chi connectivity index (χ2n) is 4.56. The van der Waals surface area contributed by atoms with Crippen molar-refractivity contribution in [1.82, 2.24) is 19.5 Å². The van der Waals surface area contributed by atoms with Gasteiger partial charge in [0.15, 0.2) is 23.8 Å². The van der Waals surface area contributed by atoms with E-state index in [0.29, 0.717) is 17.0 Å². The lowest BCUT2D eigenvalue weighted by molar-refractivity contribution is -0.155. The van der Waals surface area contributed by atoms with Crippen LogP contribution in [0.25, 0.3) is 11.2 Å². The molecular weight excluding hydrogens is 282 g/mol. The van der Waals surface area contributed by atoms with Gasteiger partial charge in [0.2, 0.25) is 0 Å². The molecular formula is C11H13N5O5. The third-order valence-corrected chi connectivity index (χ3v) is 3.35. The Morgan fingerprint density at radius 3 is 2.71 bits per heavy atom. The van der Waals surface area contributed by atoms with E-state index in [1.807, 2.05) is 0 Å². The van der Waals surface area contributed by atoms with E-state index in [4.69, 9.17) is 9.84 Å². The van der Waals surface area contributed by atoms with Crippen LogP contribution in [0, 0.1) is 0 Å². The van der Waals surface area contributed by atoms with Gasteiger partial charge in [-0.3, -0.25) is 4.57 Å². The van der Waals surface area contributed by atoms with Crippen molar-refractivity contribution < 1.29 is 24.9 Å². The van der Waals surface area contributed by atoms with Crippen LogP contribution in [0.3, 0.4) is 0 Å². The molecule has 2 aromatic heterocycles. The molecule has 0 spiro atoms. The minimum atomic E-state index is -1.53. The van der Waals surface area contributed by atoms with E-state index >= 15 is 0 Å². The molecule has 10 nitrogen and oxygen atoms in total. The smallest absolute Gasteiger partial charge is 0.335 e. The highest BCUT2D eigenvalue weighted by Gasteiger charge is 2.47. The molecule has 0 saturated carbocycles. The van der Waals surface area contributed by atoms with Crippen molar-refractivity contribution in [3.05, 3.63) is 12.7 Å². The molecule has 0 aliphatic carbocycles. The average Bonchev–Trinajstić information content (AvgIpc) is 3.01. The van der Waals surface area contributed by atoms with E-state index < -0.39 is 30.5 Å². The zero-order valence-corrected chi connectivity index (χ0v) is 10.9. The molecule has 1 aliphatic rings. The number of imidazole rings is 1. The van der Waals surface area contributed by atoms with Crippen LogP contribution in [0.4, 0.5) is 5.82 Å². The van der Waals surface area contributed by atoms with Crippen LogP contribution in [0.2, 0.25) is 0 Å². The van der Waals surface area contributed by atoms with Crippen LogP contribution in [0.15, 0.2) is 12.7 Å². The van der Waals surface area contributed by atoms with Crippen LogP contribution in [-0.2, 0) is 9.53 Å². The minimum absolute atomic E-state index is 0.358. The van der Waals surface area contributed by atoms with Crippen molar-refractivity contribution >= 4 is 23.0 Å². The normalized spacial score (nSPS) is 28.9. The molecule has 3 rings (SSSR count). The molecule has 112 valence electrons. The van der Waals surface area contributed by atoms with Crippen molar-refractivity contribution in [3.8, 4) is 0 Å². The van der Waals surface area contributed by atoms with Crippen LogP contribution in [-0.4, -0.2) is 66.2 Å². The molecule has 0 aromatic carbocycles. The molecule has 3 heterocycles. The second kappa shape index (κ2) is 4.91. The van der Waals surface area contributed by atoms with Crippen LogP contribution >= 0.6 is 0 Å². The van der Waals surface area contributed by atoms with Crippen LogP contribution in [0.1, 0.15) is 6.23 Å². The molecule has 1 unspecified atom stereocenters. The van der Waals surface area contributed by atoms with Gasteiger partial charge in [0, 0.05) is 7.05 Å². The lowest BCUT2D eigenvalue weighted by Crippen LogP contribution is -2.35. The number of rotatable bonds is 3. The summed E-state index contributed by atoms with van der Waals surface area (Å²) >= 11 is 0. The van der Waals surface area contributed by atoms with Gasteiger partial charge in [0.25, 0.3) is 0 Å². The van der Waals surface area contributed by atoms with Gasteiger partial charge < -0.3 is 25.4 Å². The van der Waals surface area contributed by atoms with Gasteiger partial charge in [0.1, 0.15) is 24.1 Å². The zero-order chi connectivity index (χ0) is 15.1. The Hall–Kier alpha value is -2.30. The maximum Gasteiger partial charge on any atom is 0.335 e. The summed E-state index contributed by atoms with van der Waals surface area (Å²) in [6.45, 7) is 0. The van der Waals surface area contributed by atoms with Gasteiger partial charge in [-0.15, -0.1) is 0 Å². The van der Waals surface area contributed by atoms with Gasteiger partial charge in [-0.2, -0.15) is 0 Å². The lowest BCUT2D eigenvalue weighted by atomic mass is 10.1. The van der Waals surface area contributed by atoms with Crippen LogP contribution in [0.5, 0.6) is 0 Å². The highest BCUT2D eigenvalue weighted by molar-refractivity contribution is 5.82. The van der Waals surface area contributed by atoms with Gasteiger partial charge in [-0.05, 0) is 0 Å². The summed E-state index contributed by atoms with van der Waals surface area (Å²) in [6.07, 6.45) is -2.88. The Morgan fingerprint density at radius 1 is 1.33 bits per heavy atom. The highest BCUT2D eigenvalue weighted by Crippen LogP contribution is 2.32. The van der Waals surface area contributed by atoms with Gasteiger partial charge in [-0.1, -0.05) is 0 Å². The van der Waals surface area contributed by atoms with Crippen LogP contribution < -0.4 is 5.32 Å². The zero-order valence-electron chi connectivity index (χ0n) is 10.9. The number of aliphatic carboxylic acids is 1. The Bertz CT molecular complexity index is 689. The van der Waals surface area contributed by atoms with Gasteiger partial charge >= 0.3 is 5.97 Å². The predicted octanol–water partition coefficient (Wildman–Crippen LogP) is -1.43. The first-order valence-electron chi connectivity index (χ1n) is 6.14. The SMILES string of the molecule is CNc1ncnc2c1ncn2C1O[C@H](C(=O)O)[C@@H](O)[C@H]1O. The standard InChI is InChI=1S/C11H13N5O5/c1-12-8-4-9(14-2-13-8)16(3-15-4)10-6(18)5(17)7(21-10)11(19)20/h2-3,5-7,10,17-18H,1H3,(H,19,20)(H,12,13,14)/t5-,6+,7-,10?/m0/s1. The quantitative estimate of drug-likeness (QED) is 0.536. The molecule has 21 heavy (non-hydrogen) atoms. The predicted molar refractivity (Wildman–Crippen MR) is 68.4 cm³/mol. The van der Waals surface area contributed by atoms with Crippen molar-refractivity contribution in [2.24, 2.45) is 0 Å². The van der Waals surface area contributed by atoms with E-state index in [1.165, 1.54) is 17.2 Å². The van der Waals surface area contributed by atoms with E-state index in [0.717, 1.165) is 0 Å². The first-order valence-corrected chi connectivity index (χ1v) is 6.14. The largest absolute Gasteiger partial charge is 0.479 e. The number of carbonyl (C=O) groups is 1. The summed E-state index contributed by atoms with van der Waals surface area (Å²) in [6, 6.07) is 0. The van der Waals surface area contributed by atoms with Crippen molar-refractivity contribution in [1.29, 1.82) is 0 Å². The monoisotopic (exact) mass is 295 g/mol. The highest BCUT2D eigenvalue weighted by atomic mass is 16.6. The Kier molecular flexibility index (Phi) is 3.20. The van der Waals surface area contributed by atoms with Crippen molar-refractivity contribution in [3.63, 3.8) is 0 Å². The van der Waals surface area contributed by atoms with E-state index in [9.17, 15) is 15.0 Å². The van der Waals surface area contributed by atoms with E-state index in [-0.39, 0.29) is 0 Å². The molecule has 0 bridgehead atoms. The molecule has 0 radical (unpaired) electrons. The van der Waals surface area contributed by atoms with E-state index in [2.05, 4.69) is 20.3 Å². The summed E-state index contributed by atoms with van der Waals surface area (Å²) in [5.74, 6) is -0.861. The fourth-order valence-electron chi connectivity index (χ4n) is 2.31. The second-order valence-corrected chi connectivity index (χ2v) is 4.56. The molecule has 4 N–H and O–H groups in total. The number of carboxylic acids is 1. The maximum atomic E-state index is 11.0. The molecule has 2 aromatic rings. The van der Waals surface area contributed by atoms with Gasteiger partial charge in [-0.25, -0.2) is 19.7 Å². The number of aromatic nitrogens is 4. The Morgan fingerprint density at radius 2 is 2.10 bits per heavy atom. The number of anilines is 1. The minimum Gasteiger partial charge on any atom is -0.479 e. The number of ether oxygens (including phenoxy) is 1.